The minimum atomic E-state index is 0.313. The number of likely N-dealkylation sites (tertiary alicyclic amines) is 1. The number of nitrogens with zero attached hydrogens (tertiary/aromatic N) is 4. The Balaban J connectivity index is 1.20. The molecule has 1 amide bonds. The van der Waals surface area contributed by atoms with Crippen molar-refractivity contribution in [3.63, 3.8) is 0 Å². The number of hydrogen-bond acceptors (Lipinski definition) is 4. The van der Waals surface area contributed by atoms with Crippen LogP contribution in [0.15, 0.2) is 42.6 Å². The molecule has 1 aromatic carbocycles. The molecule has 0 radical (unpaired) electrons. The number of hydrogen-bond donors (Lipinski definition) is 0. The molecule has 2 aliphatic rings. The minimum absolute atomic E-state index is 0.313. The van der Waals surface area contributed by atoms with E-state index in [4.69, 9.17) is 14.8 Å². The Morgan fingerprint density at radius 1 is 1.03 bits per heavy atom. The van der Waals surface area contributed by atoms with Crippen LogP contribution in [0.25, 0.3) is 16.8 Å². The quantitative estimate of drug-likeness (QED) is 0.504. The van der Waals surface area contributed by atoms with Gasteiger partial charge < -0.3 is 9.64 Å². The summed E-state index contributed by atoms with van der Waals surface area (Å²) >= 11 is 0. The number of piperidine rings is 1. The van der Waals surface area contributed by atoms with Crippen LogP contribution >= 0.6 is 0 Å². The van der Waals surface area contributed by atoms with Crippen LogP contribution in [0.2, 0.25) is 0 Å². The van der Waals surface area contributed by atoms with E-state index in [0.717, 1.165) is 73.0 Å². The second kappa shape index (κ2) is 9.94. The Labute approximate surface area is 196 Å². The molecule has 1 saturated carbocycles. The standard InChI is InChI=1S/C27H34N4O2/c1-33-24-9-5-8-22(18-24)23-11-12-25-28-27(29-31(25)19-23)21-14-16-30(17-15-21)26(32)13-10-20-6-3-2-4-7-20/h5,8-9,11-12,18-21H,2-4,6-7,10,13-17H2,1H3. The first-order valence-electron chi connectivity index (χ1n) is 12.5. The number of pyridine rings is 1. The van der Waals surface area contributed by atoms with Crippen molar-refractivity contribution in [2.75, 3.05) is 20.2 Å². The lowest BCUT2D eigenvalue weighted by molar-refractivity contribution is -0.132. The summed E-state index contributed by atoms with van der Waals surface area (Å²) in [5.74, 6) is 3.15. The molecule has 3 aromatic rings. The maximum atomic E-state index is 12.7. The van der Waals surface area contributed by atoms with Gasteiger partial charge in [0.15, 0.2) is 11.5 Å². The molecular formula is C27H34N4O2. The second-order valence-electron chi connectivity index (χ2n) is 9.62. The molecule has 1 saturated heterocycles. The van der Waals surface area contributed by atoms with Crippen LogP contribution < -0.4 is 4.74 Å². The van der Waals surface area contributed by atoms with Crippen molar-refractivity contribution in [1.82, 2.24) is 19.5 Å². The van der Waals surface area contributed by atoms with Gasteiger partial charge in [-0.1, -0.05) is 44.2 Å². The lowest BCUT2D eigenvalue weighted by Gasteiger charge is -2.31. The maximum Gasteiger partial charge on any atom is 0.222 e. The summed E-state index contributed by atoms with van der Waals surface area (Å²) in [6.45, 7) is 1.64. The van der Waals surface area contributed by atoms with E-state index in [9.17, 15) is 4.79 Å². The molecule has 0 atom stereocenters. The van der Waals surface area contributed by atoms with Gasteiger partial charge in [0, 0.05) is 37.2 Å². The summed E-state index contributed by atoms with van der Waals surface area (Å²) in [6.07, 6.45) is 12.4. The van der Waals surface area contributed by atoms with Crippen molar-refractivity contribution >= 4 is 11.6 Å². The summed E-state index contributed by atoms with van der Waals surface area (Å²) < 4.78 is 7.24. The second-order valence-corrected chi connectivity index (χ2v) is 9.62. The van der Waals surface area contributed by atoms with Gasteiger partial charge in [0.2, 0.25) is 5.91 Å². The fourth-order valence-corrected chi connectivity index (χ4v) is 5.40. The Kier molecular flexibility index (Phi) is 6.60. The van der Waals surface area contributed by atoms with Gasteiger partial charge in [-0.25, -0.2) is 9.50 Å². The number of benzene rings is 1. The van der Waals surface area contributed by atoms with E-state index in [1.54, 1.807) is 7.11 Å². The van der Waals surface area contributed by atoms with Gasteiger partial charge in [0.25, 0.3) is 0 Å². The predicted molar refractivity (Wildman–Crippen MR) is 129 cm³/mol. The molecule has 6 nitrogen and oxygen atoms in total. The third kappa shape index (κ3) is 5.05. The number of ether oxygens (including phenoxy) is 1. The third-order valence-electron chi connectivity index (χ3n) is 7.45. The zero-order chi connectivity index (χ0) is 22.6. The van der Waals surface area contributed by atoms with Gasteiger partial charge in [0.05, 0.1) is 7.11 Å². The highest BCUT2D eigenvalue weighted by atomic mass is 16.5. The van der Waals surface area contributed by atoms with E-state index >= 15 is 0 Å². The first-order chi connectivity index (χ1) is 16.2. The van der Waals surface area contributed by atoms with E-state index in [0.29, 0.717) is 11.8 Å². The zero-order valence-corrected chi connectivity index (χ0v) is 19.6. The van der Waals surface area contributed by atoms with Gasteiger partial charge in [0.1, 0.15) is 5.75 Å². The van der Waals surface area contributed by atoms with Gasteiger partial charge in [-0.15, -0.1) is 0 Å². The lowest BCUT2D eigenvalue weighted by Crippen LogP contribution is -2.38. The van der Waals surface area contributed by atoms with Crippen molar-refractivity contribution in [2.24, 2.45) is 5.92 Å². The molecule has 5 rings (SSSR count). The Bertz CT molecular complexity index is 1090. The van der Waals surface area contributed by atoms with Crippen LogP contribution in [0, 0.1) is 5.92 Å². The normalized spacial score (nSPS) is 18.0. The molecule has 0 spiro atoms. The molecule has 3 heterocycles. The molecule has 2 fully saturated rings. The number of rotatable bonds is 6. The summed E-state index contributed by atoms with van der Waals surface area (Å²) in [5.41, 5.74) is 3.03. The van der Waals surface area contributed by atoms with Crippen molar-refractivity contribution < 1.29 is 9.53 Å². The summed E-state index contributed by atoms with van der Waals surface area (Å²) in [6, 6.07) is 12.1. The van der Waals surface area contributed by atoms with Crippen LogP contribution in [0.5, 0.6) is 5.75 Å². The summed E-state index contributed by atoms with van der Waals surface area (Å²) in [7, 11) is 1.68. The Hall–Kier alpha value is -2.89. The van der Waals surface area contributed by atoms with Crippen molar-refractivity contribution in [3.8, 4) is 16.9 Å². The fourth-order valence-electron chi connectivity index (χ4n) is 5.40. The molecule has 1 aliphatic heterocycles. The molecule has 2 aromatic heterocycles. The molecule has 0 unspecified atom stereocenters. The van der Waals surface area contributed by atoms with Crippen LogP contribution in [0.4, 0.5) is 0 Å². The first-order valence-corrected chi connectivity index (χ1v) is 12.5. The monoisotopic (exact) mass is 446 g/mol. The third-order valence-corrected chi connectivity index (χ3v) is 7.45. The minimum Gasteiger partial charge on any atom is -0.497 e. The van der Waals surface area contributed by atoms with Gasteiger partial charge in [-0.3, -0.25) is 4.79 Å². The zero-order valence-electron chi connectivity index (χ0n) is 19.6. The van der Waals surface area contributed by atoms with Crippen molar-refractivity contribution in [3.05, 3.63) is 48.4 Å². The smallest absolute Gasteiger partial charge is 0.222 e. The Morgan fingerprint density at radius 3 is 2.64 bits per heavy atom. The van der Waals surface area contributed by atoms with Crippen molar-refractivity contribution in [1.29, 1.82) is 0 Å². The predicted octanol–water partition coefficient (Wildman–Crippen LogP) is 5.47. The van der Waals surface area contributed by atoms with Crippen LogP contribution in [0.3, 0.4) is 0 Å². The van der Waals surface area contributed by atoms with Gasteiger partial charge in [-0.2, -0.15) is 5.10 Å². The molecule has 6 heteroatoms. The van der Waals surface area contributed by atoms with Gasteiger partial charge >= 0.3 is 0 Å². The lowest BCUT2D eigenvalue weighted by atomic mass is 9.86. The highest BCUT2D eigenvalue weighted by molar-refractivity contribution is 5.76. The van der Waals surface area contributed by atoms with E-state index in [1.807, 2.05) is 35.0 Å². The molecule has 0 N–H and O–H groups in total. The van der Waals surface area contributed by atoms with Crippen LogP contribution in [0.1, 0.15) is 69.5 Å². The van der Waals surface area contributed by atoms with E-state index in [2.05, 4.69) is 17.0 Å². The number of carbonyl (C=O) groups is 1. The summed E-state index contributed by atoms with van der Waals surface area (Å²) in [4.78, 5) is 19.6. The van der Waals surface area contributed by atoms with Gasteiger partial charge in [-0.05, 0) is 55.0 Å². The van der Waals surface area contributed by atoms with Crippen LogP contribution in [-0.4, -0.2) is 45.6 Å². The molecule has 0 bridgehead atoms. The average molecular weight is 447 g/mol. The first kappa shape index (κ1) is 21.9. The van der Waals surface area contributed by atoms with Crippen molar-refractivity contribution in [2.45, 2.75) is 63.7 Å². The Morgan fingerprint density at radius 2 is 1.85 bits per heavy atom. The highest BCUT2D eigenvalue weighted by Crippen LogP contribution is 2.30. The number of fused-ring (bicyclic) bond motifs is 1. The largest absolute Gasteiger partial charge is 0.497 e. The number of amides is 1. The number of methoxy groups -OCH3 is 1. The summed E-state index contributed by atoms with van der Waals surface area (Å²) in [5, 5.41) is 4.80. The maximum absolute atomic E-state index is 12.7. The van der Waals surface area contributed by atoms with E-state index < -0.39 is 0 Å². The molecular weight excluding hydrogens is 412 g/mol. The SMILES string of the molecule is COc1cccc(-c2ccc3nc(C4CCN(C(=O)CCC5CCCCC5)CC4)nn3c2)c1. The number of carbonyl (C=O) groups excluding carboxylic acids is 1. The fraction of sp³-hybridized carbons (Fsp3) is 0.519. The van der Waals surface area contributed by atoms with Crippen LogP contribution in [-0.2, 0) is 4.79 Å². The molecule has 33 heavy (non-hydrogen) atoms. The average Bonchev–Trinajstić information content (AvgIpc) is 3.31. The topological polar surface area (TPSA) is 59.7 Å². The molecule has 1 aliphatic carbocycles. The van der Waals surface area contributed by atoms with E-state index in [-0.39, 0.29) is 0 Å². The highest BCUT2D eigenvalue weighted by Gasteiger charge is 2.27. The van der Waals surface area contributed by atoms with E-state index in [1.165, 1.54) is 32.1 Å². The number of aromatic nitrogens is 3. The molecule has 174 valence electrons.